The maximum atomic E-state index is 12.6. The van der Waals surface area contributed by atoms with Crippen molar-refractivity contribution in [1.29, 1.82) is 0 Å². The molecule has 1 aromatic rings. The van der Waals surface area contributed by atoms with Crippen molar-refractivity contribution in [3.8, 4) is 0 Å². The summed E-state index contributed by atoms with van der Waals surface area (Å²) in [5.41, 5.74) is 3.32. The Morgan fingerprint density at radius 2 is 2.14 bits per heavy atom. The fraction of sp³-hybridized carbons (Fsp3) is 0.250. The van der Waals surface area contributed by atoms with Crippen LogP contribution in [0.2, 0.25) is 0 Å². The highest BCUT2D eigenvalue weighted by Gasteiger charge is 2.40. The minimum atomic E-state index is -0.391. The van der Waals surface area contributed by atoms with Crippen molar-refractivity contribution in [3.05, 3.63) is 59.3 Å². The molecule has 0 unspecified atom stereocenters. The number of rotatable bonds is 3. The molecule has 108 valence electrons. The number of nitrogens with one attached hydrogen (secondary N) is 2. The van der Waals surface area contributed by atoms with Crippen molar-refractivity contribution in [2.45, 2.75) is 13.0 Å². The molecule has 0 aliphatic carbocycles. The summed E-state index contributed by atoms with van der Waals surface area (Å²) < 4.78 is 0. The van der Waals surface area contributed by atoms with Crippen LogP contribution in [0.1, 0.15) is 17.2 Å². The largest absolute Gasteiger partial charge is 0.329 e. The molecule has 5 nitrogen and oxygen atoms in total. The number of amides is 3. The second-order valence-electron chi connectivity index (χ2n) is 5.25. The van der Waals surface area contributed by atoms with Gasteiger partial charge in [0, 0.05) is 6.54 Å². The average molecular weight is 283 g/mol. The Morgan fingerprint density at radius 1 is 1.38 bits per heavy atom. The first-order valence-corrected chi connectivity index (χ1v) is 6.88. The highest BCUT2D eigenvalue weighted by Crippen LogP contribution is 2.33. The molecule has 5 heteroatoms. The summed E-state index contributed by atoms with van der Waals surface area (Å²) in [5.74, 6) is -0.0503. The fourth-order valence-electron chi connectivity index (χ4n) is 2.88. The van der Waals surface area contributed by atoms with Crippen LogP contribution >= 0.6 is 0 Å². The Labute approximate surface area is 123 Å². The van der Waals surface area contributed by atoms with Crippen molar-refractivity contribution in [3.63, 3.8) is 0 Å². The number of carbonyl (C=O) groups excluding carboxylic acids is 2. The van der Waals surface area contributed by atoms with Gasteiger partial charge in [0.1, 0.15) is 0 Å². The predicted octanol–water partition coefficient (Wildman–Crippen LogP) is 1.63. The number of carbonyl (C=O) groups is 2. The van der Waals surface area contributed by atoms with Crippen molar-refractivity contribution in [1.82, 2.24) is 15.5 Å². The molecular weight excluding hydrogens is 266 g/mol. The van der Waals surface area contributed by atoms with Gasteiger partial charge >= 0.3 is 6.03 Å². The molecule has 0 radical (unpaired) electrons. The third kappa shape index (κ3) is 2.20. The van der Waals surface area contributed by atoms with Gasteiger partial charge < -0.3 is 15.5 Å². The van der Waals surface area contributed by atoms with E-state index in [2.05, 4.69) is 17.2 Å². The monoisotopic (exact) mass is 283 g/mol. The average Bonchev–Trinajstić information content (AvgIpc) is 2.75. The Hall–Kier alpha value is -2.56. The van der Waals surface area contributed by atoms with E-state index in [-0.39, 0.29) is 11.9 Å². The van der Waals surface area contributed by atoms with Gasteiger partial charge in [-0.2, -0.15) is 0 Å². The van der Waals surface area contributed by atoms with Crippen LogP contribution in [0.4, 0.5) is 4.79 Å². The molecule has 2 N–H and O–H groups in total. The van der Waals surface area contributed by atoms with Crippen LogP contribution in [0.3, 0.4) is 0 Å². The van der Waals surface area contributed by atoms with E-state index < -0.39 is 6.04 Å². The smallest absolute Gasteiger partial charge is 0.319 e. The topological polar surface area (TPSA) is 61.4 Å². The number of urea groups is 1. The molecule has 2 aliphatic rings. The Morgan fingerprint density at radius 3 is 2.86 bits per heavy atom. The normalized spacial score (nSPS) is 21.0. The van der Waals surface area contributed by atoms with Gasteiger partial charge in [-0.05, 0) is 18.1 Å². The van der Waals surface area contributed by atoms with Gasteiger partial charge in [0.05, 0.1) is 23.9 Å². The summed E-state index contributed by atoms with van der Waals surface area (Å²) in [7, 11) is 0. The van der Waals surface area contributed by atoms with Gasteiger partial charge in [0.2, 0.25) is 0 Å². The van der Waals surface area contributed by atoms with E-state index in [1.165, 1.54) is 0 Å². The van der Waals surface area contributed by atoms with E-state index in [1.807, 2.05) is 31.2 Å². The van der Waals surface area contributed by atoms with E-state index in [4.69, 9.17) is 0 Å². The zero-order chi connectivity index (χ0) is 15.0. The molecule has 0 spiro atoms. The van der Waals surface area contributed by atoms with Crippen molar-refractivity contribution < 1.29 is 9.59 Å². The first-order chi connectivity index (χ1) is 10.1. The summed E-state index contributed by atoms with van der Waals surface area (Å²) in [6, 6.07) is 7.12. The maximum absolute atomic E-state index is 12.6. The quantitative estimate of drug-likeness (QED) is 0.828. The van der Waals surface area contributed by atoms with Crippen LogP contribution in [0.5, 0.6) is 0 Å². The van der Waals surface area contributed by atoms with Crippen LogP contribution in [-0.4, -0.2) is 29.9 Å². The summed E-state index contributed by atoms with van der Waals surface area (Å²) in [6.45, 7) is 6.54. The van der Waals surface area contributed by atoms with Gasteiger partial charge in [-0.3, -0.25) is 4.79 Å². The molecule has 2 heterocycles. The molecule has 0 saturated heterocycles. The van der Waals surface area contributed by atoms with Gasteiger partial charge in [-0.25, -0.2) is 4.79 Å². The molecule has 21 heavy (non-hydrogen) atoms. The molecular formula is C16H17N3O2. The number of aryl methyl sites for hydroxylation is 1. The highest BCUT2D eigenvalue weighted by atomic mass is 16.2. The van der Waals surface area contributed by atoms with Crippen LogP contribution in [-0.2, 0) is 4.79 Å². The number of benzene rings is 1. The van der Waals surface area contributed by atoms with Crippen LogP contribution < -0.4 is 10.6 Å². The van der Waals surface area contributed by atoms with Crippen LogP contribution in [0.15, 0.2) is 48.2 Å². The van der Waals surface area contributed by atoms with Crippen molar-refractivity contribution in [2.75, 3.05) is 13.1 Å². The Bertz CT molecular complexity index is 663. The second-order valence-corrected chi connectivity index (χ2v) is 5.25. The fourth-order valence-corrected chi connectivity index (χ4v) is 2.88. The lowest BCUT2D eigenvalue weighted by Crippen LogP contribution is -2.44. The molecule has 2 aliphatic heterocycles. The van der Waals surface area contributed by atoms with Gasteiger partial charge in [-0.15, -0.1) is 6.58 Å². The highest BCUT2D eigenvalue weighted by molar-refractivity contribution is 6.01. The zero-order valence-corrected chi connectivity index (χ0v) is 11.8. The molecule has 1 aromatic carbocycles. The lowest BCUT2D eigenvalue weighted by Gasteiger charge is -2.26. The van der Waals surface area contributed by atoms with Crippen molar-refractivity contribution in [2.24, 2.45) is 0 Å². The van der Waals surface area contributed by atoms with Gasteiger partial charge in [0.15, 0.2) is 0 Å². The zero-order valence-electron chi connectivity index (χ0n) is 11.8. The molecule has 0 fully saturated rings. The van der Waals surface area contributed by atoms with Crippen molar-refractivity contribution >= 4 is 11.9 Å². The van der Waals surface area contributed by atoms with Crippen LogP contribution in [0.25, 0.3) is 0 Å². The van der Waals surface area contributed by atoms with Crippen LogP contribution in [0, 0.1) is 6.92 Å². The summed E-state index contributed by atoms with van der Waals surface area (Å²) >= 11 is 0. The molecule has 3 amide bonds. The Kier molecular flexibility index (Phi) is 3.25. The second kappa shape index (κ2) is 5.09. The Balaban J connectivity index is 2.03. The van der Waals surface area contributed by atoms with Gasteiger partial charge in [0.25, 0.3) is 5.91 Å². The lowest BCUT2D eigenvalue weighted by atomic mass is 9.93. The summed E-state index contributed by atoms with van der Waals surface area (Å²) in [6.07, 6.45) is 1.69. The standard InChI is InChI=1S/C16H17N3O2/c1-3-8-19-9-12-13(15(19)20)14(18-16(21)17-12)11-7-5-4-6-10(11)2/h3-7,14H,1,8-9H2,2H3,(H2,17,18,21)/t14-/m1/s1. The number of hydrogen-bond donors (Lipinski definition) is 2. The summed E-state index contributed by atoms with van der Waals surface area (Å²) in [4.78, 5) is 26.1. The first kappa shape index (κ1) is 13.4. The minimum Gasteiger partial charge on any atom is -0.329 e. The first-order valence-electron chi connectivity index (χ1n) is 6.88. The molecule has 0 saturated carbocycles. The molecule has 1 atom stereocenters. The molecule has 0 bridgehead atoms. The molecule has 3 rings (SSSR count). The summed E-state index contributed by atoms with van der Waals surface area (Å²) in [5, 5.41) is 5.61. The predicted molar refractivity (Wildman–Crippen MR) is 79.4 cm³/mol. The van der Waals surface area contributed by atoms with E-state index >= 15 is 0 Å². The SMILES string of the molecule is C=CCN1CC2=C(C1=O)[C@@H](c1ccccc1C)NC(=O)N2. The number of nitrogens with zero attached hydrogens (tertiary/aromatic N) is 1. The third-order valence-corrected chi connectivity index (χ3v) is 3.87. The van der Waals surface area contributed by atoms with E-state index in [9.17, 15) is 9.59 Å². The molecule has 0 aromatic heterocycles. The third-order valence-electron chi connectivity index (χ3n) is 3.87. The maximum Gasteiger partial charge on any atom is 0.319 e. The lowest BCUT2D eigenvalue weighted by molar-refractivity contribution is -0.125. The van der Waals surface area contributed by atoms with E-state index in [0.29, 0.717) is 24.4 Å². The van der Waals surface area contributed by atoms with E-state index in [1.54, 1.807) is 11.0 Å². The van der Waals surface area contributed by atoms with Gasteiger partial charge in [-0.1, -0.05) is 30.3 Å². The minimum absolute atomic E-state index is 0.0503. The number of hydrogen-bond acceptors (Lipinski definition) is 2. The van der Waals surface area contributed by atoms with E-state index in [0.717, 1.165) is 11.1 Å².